The van der Waals surface area contributed by atoms with E-state index in [1.54, 1.807) is 12.1 Å². The highest BCUT2D eigenvalue weighted by atomic mass is 16.4. The number of carbonyl (C=O) groups is 1. The fourth-order valence-corrected chi connectivity index (χ4v) is 1.33. The summed E-state index contributed by atoms with van der Waals surface area (Å²) in [6.45, 7) is 2.24. The molecule has 1 heterocycles. The quantitative estimate of drug-likeness (QED) is 0.842. The van der Waals surface area contributed by atoms with E-state index in [1.807, 2.05) is 19.1 Å². The average molecular weight is 231 g/mol. The molecule has 0 spiro atoms. The number of nitrogens with zero attached hydrogens (tertiary/aromatic N) is 1. The Kier molecular flexibility index (Phi) is 3.20. The highest BCUT2D eigenvalue weighted by molar-refractivity contribution is 6.03. The van der Waals surface area contributed by atoms with Crippen LogP contribution in [0, 0.1) is 6.92 Å². The molecule has 2 rings (SSSR count). The van der Waals surface area contributed by atoms with Gasteiger partial charge in [0.2, 0.25) is 0 Å². The monoisotopic (exact) mass is 231 g/mol. The molecule has 5 heteroatoms. The summed E-state index contributed by atoms with van der Waals surface area (Å²) >= 11 is 0. The summed E-state index contributed by atoms with van der Waals surface area (Å²) in [4.78, 5) is 15.8. The van der Waals surface area contributed by atoms with Crippen LogP contribution in [0.1, 0.15) is 21.6 Å². The first kappa shape index (κ1) is 11.3. The van der Waals surface area contributed by atoms with Crippen LogP contribution in [-0.2, 0) is 6.54 Å². The van der Waals surface area contributed by atoms with Crippen molar-refractivity contribution in [2.45, 2.75) is 13.5 Å². The molecular formula is C12H13N3O2. The van der Waals surface area contributed by atoms with Crippen molar-refractivity contribution in [1.29, 1.82) is 0 Å². The van der Waals surface area contributed by atoms with Crippen LogP contribution in [0.25, 0.3) is 0 Å². The molecule has 0 aliphatic rings. The molecular weight excluding hydrogens is 218 g/mol. The molecule has 0 saturated carbocycles. The predicted octanol–water partition coefficient (Wildman–Crippen LogP) is 1.69. The normalized spacial score (nSPS) is 10.2. The Morgan fingerprint density at radius 2 is 2.12 bits per heavy atom. The number of carbonyl (C=O) groups excluding carboxylic acids is 1. The van der Waals surface area contributed by atoms with Crippen molar-refractivity contribution >= 4 is 11.9 Å². The number of rotatable bonds is 3. The molecule has 0 fully saturated rings. The maximum Gasteiger partial charge on any atom is 0.301 e. The third kappa shape index (κ3) is 2.70. The molecule has 3 N–H and O–H groups in total. The molecule has 0 aliphatic heterocycles. The molecule has 0 unspecified atom stereocenters. The summed E-state index contributed by atoms with van der Waals surface area (Å²) in [6.07, 6.45) is 1.42. The molecule has 0 bridgehead atoms. The van der Waals surface area contributed by atoms with E-state index in [9.17, 15) is 4.79 Å². The first-order valence-corrected chi connectivity index (χ1v) is 5.21. The van der Waals surface area contributed by atoms with Crippen molar-refractivity contribution in [3.63, 3.8) is 0 Å². The zero-order valence-corrected chi connectivity index (χ0v) is 9.43. The third-order valence-electron chi connectivity index (χ3n) is 2.30. The Hall–Kier alpha value is -2.14. The summed E-state index contributed by atoms with van der Waals surface area (Å²) in [5, 5.41) is 2.56. The van der Waals surface area contributed by atoms with Gasteiger partial charge in [0.15, 0.2) is 0 Å². The Labute approximate surface area is 98.6 Å². The molecule has 1 aromatic heterocycles. The Morgan fingerprint density at radius 3 is 2.71 bits per heavy atom. The number of oxazole rings is 1. The summed E-state index contributed by atoms with van der Waals surface area (Å²) in [6, 6.07) is 7.40. The number of hydrogen-bond donors (Lipinski definition) is 2. The van der Waals surface area contributed by atoms with Gasteiger partial charge in [-0.25, -0.2) is 0 Å². The SMILES string of the molecule is Cc1ccc(C(=O)Nc2nc(CN)co2)cc1. The van der Waals surface area contributed by atoms with Crippen molar-refractivity contribution in [1.82, 2.24) is 4.98 Å². The first-order chi connectivity index (χ1) is 8.19. The van der Waals surface area contributed by atoms with Gasteiger partial charge in [0.05, 0.1) is 5.69 Å². The largest absolute Gasteiger partial charge is 0.432 e. The van der Waals surface area contributed by atoms with Gasteiger partial charge < -0.3 is 10.2 Å². The van der Waals surface area contributed by atoms with Gasteiger partial charge in [-0.05, 0) is 19.1 Å². The van der Waals surface area contributed by atoms with E-state index in [-0.39, 0.29) is 18.5 Å². The van der Waals surface area contributed by atoms with Crippen molar-refractivity contribution in [3.8, 4) is 0 Å². The van der Waals surface area contributed by atoms with Gasteiger partial charge >= 0.3 is 6.01 Å². The third-order valence-corrected chi connectivity index (χ3v) is 2.30. The van der Waals surface area contributed by atoms with E-state index in [4.69, 9.17) is 10.2 Å². The zero-order chi connectivity index (χ0) is 12.3. The van der Waals surface area contributed by atoms with Crippen molar-refractivity contribution < 1.29 is 9.21 Å². The van der Waals surface area contributed by atoms with Gasteiger partial charge in [-0.3, -0.25) is 10.1 Å². The number of nitrogens with two attached hydrogens (primary N) is 1. The van der Waals surface area contributed by atoms with Crippen LogP contribution in [0.3, 0.4) is 0 Å². The highest BCUT2D eigenvalue weighted by Gasteiger charge is 2.09. The Morgan fingerprint density at radius 1 is 1.41 bits per heavy atom. The number of anilines is 1. The van der Waals surface area contributed by atoms with Crippen LogP contribution < -0.4 is 11.1 Å². The summed E-state index contributed by atoms with van der Waals surface area (Å²) in [7, 11) is 0. The van der Waals surface area contributed by atoms with E-state index in [0.717, 1.165) is 5.56 Å². The molecule has 2 aromatic rings. The second-order valence-corrected chi connectivity index (χ2v) is 3.67. The molecule has 1 aromatic carbocycles. The lowest BCUT2D eigenvalue weighted by atomic mass is 10.1. The van der Waals surface area contributed by atoms with Crippen molar-refractivity contribution in [2.24, 2.45) is 5.73 Å². The van der Waals surface area contributed by atoms with Gasteiger partial charge in [-0.1, -0.05) is 17.7 Å². The van der Waals surface area contributed by atoms with Crippen LogP contribution in [-0.4, -0.2) is 10.9 Å². The lowest BCUT2D eigenvalue weighted by Gasteiger charge is -2.00. The minimum Gasteiger partial charge on any atom is -0.432 e. The zero-order valence-electron chi connectivity index (χ0n) is 9.43. The van der Waals surface area contributed by atoms with Crippen molar-refractivity contribution in [3.05, 3.63) is 47.3 Å². The second kappa shape index (κ2) is 4.80. The molecule has 0 saturated heterocycles. The Bertz CT molecular complexity index is 517. The number of hydrogen-bond acceptors (Lipinski definition) is 4. The summed E-state index contributed by atoms with van der Waals surface area (Å²) in [5.74, 6) is -0.254. The van der Waals surface area contributed by atoms with Crippen LogP contribution in [0.4, 0.5) is 6.01 Å². The lowest BCUT2D eigenvalue weighted by Crippen LogP contribution is -2.12. The Balaban J connectivity index is 2.08. The minimum atomic E-state index is -0.254. The lowest BCUT2D eigenvalue weighted by molar-refractivity contribution is 0.102. The van der Waals surface area contributed by atoms with Gasteiger partial charge in [0, 0.05) is 12.1 Å². The van der Waals surface area contributed by atoms with E-state index in [0.29, 0.717) is 11.3 Å². The van der Waals surface area contributed by atoms with Gasteiger partial charge in [-0.15, -0.1) is 0 Å². The summed E-state index contributed by atoms with van der Waals surface area (Å²) in [5.41, 5.74) is 7.65. The standard InChI is InChI=1S/C12H13N3O2/c1-8-2-4-9(5-3-8)11(16)15-12-14-10(6-13)7-17-12/h2-5,7H,6,13H2,1H3,(H,14,15,16). The number of nitrogens with one attached hydrogen (secondary N) is 1. The fraction of sp³-hybridized carbons (Fsp3) is 0.167. The predicted molar refractivity (Wildman–Crippen MR) is 63.5 cm³/mol. The minimum absolute atomic E-state index is 0.163. The van der Waals surface area contributed by atoms with E-state index >= 15 is 0 Å². The van der Waals surface area contributed by atoms with E-state index < -0.39 is 0 Å². The molecule has 0 atom stereocenters. The molecule has 1 amide bonds. The average Bonchev–Trinajstić information content (AvgIpc) is 2.77. The molecule has 17 heavy (non-hydrogen) atoms. The fourth-order valence-electron chi connectivity index (χ4n) is 1.33. The van der Waals surface area contributed by atoms with E-state index in [2.05, 4.69) is 10.3 Å². The molecule has 0 aliphatic carbocycles. The van der Waals surface area contributed by atoms with Crippen molar-refractivity contribution in [2.75, 3.05) is 5.32 Å². The van der Waals surface area contributed by atoms with Crippen LogP contribution in [0.15, 0.2) is 34.9 Å². The molecule has 88 valence electrons. The molecule has 5 nitrogen and oxygen atoms in total. The van der Waals surface area contributed by atoms with Crippen LogP contribution >= 0.6 is 0 Å². The van der Waals surface area contributed by atoms with Gasteiger partial charge in [0.1, 0.15) is 6.26 Å². The molecule has 0 radical (unpaired) electrons. The maximum atomic E-state index is 11.8. The number of benzene rings is 1. The topological polar surface area (TPSA) is 81.2 Å². The van der Waals surface area contributed by atoms with E-state index in [1.165, 1.54) is 6.26 Å². The number of amides is 1. The van der Waals surface area contributed by atoms with Gasteiger partial charge in [0.25, 0.3) is 5.91 Å². The first-order valence-electron chi connectivity index (χ1n) is 5.21. The second-order valence-electron chi connectivity index (χ2n) is 3.67. The number of aryl methyl sites for hydroxylation is 1. The highest BCUT2D eigenvalue weighted by Crippen LogP contribution is 2.10. The van der Waals surface area contributed by atoms with Crippen LogP contribution in [0.5, 0.6) is 0 Å². The van der Waals surface area contributed by atoms with Crippen LogP contribution in [0.2, 0.25) is 0 Å². The van der Waals surface area contributed by atoms with Gasteiger partial charge in [-0.2, -0.15) is 4.98 Å². The number of aromatic nitrogens is 1. The summed E-state index contributed by atoms with van der Waals surface area (Å²) < 4.78 is 5.05. The maximum absolute atomic E-state index is 11.8. The smallest absolute Gasteiger partial charge is 0.301 e.